The lowest BCUT2D eigenvalue weighted by Crippen LogP contribution is -2.38. The van der Waals surface area contributed by atoms with Crippen molar-refractivity contribution in [3.63, 3.8) is 0 Å². The molecule has 0 bridgehead atoms. The third-order valence-electron chi connectivity index (χ3n) is 4.15. The minimum Gasteiger partial charge on any atom is -0.491 e. The predicted molar refractivity (Wildman–Crippen MR) is 105 cm³/mol. The second kappa shape index (κ2) is 8.75. The van der Waals surface area contributed by atoms with Crippen LogP contribution in [-0.2, 0) is 10.2 Å². The summed E-state index contributed by atoms with van der Waals surface area (Å²) in [4.78, 5) is 12.2. The number of hydrogen-bond acceptors (Lipinski definition) is 3. The van der Waals surface area contributed by atoms with E-state index in [0.717, 1.165) is 11.3 Å². The smallest absolute Gasteiger partial charge is 0.260 e. The first-order chi connectivity index (χ1) is 12.3. The third-order valence-corrected chi connectivity index (χ3v) is 4.15. The maximum absolute atomic E-state index is 12.2. The summed E-state index contributed by atoms with van der Waals surface area (Å²) < 4.78 is 11.4. The van der Waals surface area contributed by atoms with Gasteiger partial charge < -0.3 is 14.8 Å². The third kappa shape index (κ3) is 5.80. The molecule has 1 atom stereocenters. The number of para-hydroxylation sites is 1. The molecule has 0 fully saturated rings. The number of benzene rings is 2. The molecular formula is C22H29NO3. The van der Waals surface area contributed by atoms with E-state index in [2.05, 4.69) is 26.1 Å². The monoisotopic (exact) mass is 355 g/mol. The summed E-state index contributed by atoms with van der Waals surface area (Å²) in [6.45, 7) is 11.1. The molecule has 2 rings (SSSR count). The van der Waals surface area contributed by atoms with Gasteiger partial charge in [-0.1, -0.05) is 51.1 Å². The van der Waals surface area contributed by atoms with Gasteiger partial charge in [0.2, 0.25) is 0 Å². The largest absolute Gasteiger partial charge is 0.491 e. The van der Waals surface area contributed by atoms with Gasteiger partial charge in [0.25, 0.3) is 5.91 Å². The quantitative estimate of drug-likeness (QED) is 0.755. The molecule has 2 aromatic carbocycles. The number of ether oxygens (including phenoxy) is 2. The van der Waals surface area contributed by atoms with Crippen LogP contribution in [0.25, 0.3) is 0 Å². The Hall–Kier alpha value is -2.49. The molecule has 0 aliphatic carbocycles. The minimum atomic E-state index is -0.561. The first-order valence-electron chi connectivity index (χ1n) is 9.01. The molecule has 0 saturated carbocycles. The fraction of sp³-hybridized carbons (Fsp3) is 0.409. The van der Waals surface area contributed by atoms with Crippen LogP contribution in [0.5, 0.6) is 11.5 Å². The Kier molecular flexibility index (Phi) is 6.67. The van der Waals surface area contributed by atoms with Crippen LogP contribution in [0.3, 0.4) is 0 Å². The highest BCUT2D eigenvalue weighted by atomic mass is 16.5. The van der Waals surface area contributed by atoms with E-state index in [-0.39, 0.29) is 11.3 Å². The van der Waals surface area contributed by atoms with Crippen molar-refractivity contribution >= 4 is 5.91 Å². The van der Waals surface area contributed by atoms with Gasteiger partial charge in [-0.25, -0.2) is 0 Å². The predicted octanol–water partition coefficient (Wildman–Crippen LogP) is 4.26. The van der Waals surface area contributed by atoms with Gasteiger partial charge in [-0.2, -0.15) is 0 Å². The van der Waals surface area contributed by atoms with Crippen LogP contribution in [0, 0.1) is 6.92 Å². The van der Waals surface area contributed by atoms with Gasteiger partial charge in [0.1, 0.15) is 18.1 Å². The van der Waals surface area contributed by atoms with Crippen LogP contribution in [0.2, 0.25) is 0 Å². The second-order valence-electron chi connectivity index (χ2n) is 7.44. The van der Waals surface area contributed by atoms with E-state index in [1.54, 1.807) is 6.92 Å². The Labute approximate surface area is 156 Å². The van der Waals surface area contributed by atoms with Gasteiger partial charge in [-0.05, 0) is 48.6 Å². The lowest BCUT2D eigenvalue weighted by Gasteiger charge is -2.20. The zero-order chi connectivity index (χ0) is 19.2. The average molecular weight is 355 g/mol. The van der Waals surface area contributed by atoms with E-state index in [1.165, 1.54) is 5.56 Å². The van der Waals surface area contributed by atoms with E-state index in [0.29, 0.717) is 18.9 Å². The summed E-state index contributed by atoms with van der Waals surface area (Å²) in [5.41, 5.74) is 2.41. The molecule has 4 heteroatoms. The van der Waals surface area contributed by atoms with Crippen LogP contribution in [-0.4, -0.2) is 25.2 Å². The second-order valence-corrected chi connectivity index (χ2v) is 7.44. The molecule has 0 radical (unpaired) electrons. The zero-order valence-electron chi connectivity index (χ0n) is 16.3. The summed E-state index contributed by atoms with van der Waals surface area (Å²) in [7, 11) is 0. The standard InChI is InChI=1S/C22H29NO3/c1-16-8-6-7-9-20(16)25-15-14-23-21(24)17(2)26-19-12-10-18(11-13-19)22(3,4)5/h6-13,17H,14-15H2,1-5H3,(H,23,24)/t17-/m1/s1. The molecule has 0 aliphatic rings. The maximum atomic E-state index is 12.2. The van der Waals surface area contributed by atoms with E-state index >= 15 is 0 Å². The van der Waals surface area contributed by atoms with Gasteiger partial charge in [0.05, 0.1) is 6.54 Å². The molecule has 0 spiro atoms. The molecule has 0 unspecified atom stereocenters. The first kappa shape index (κ1) is 19.8. The highest BCUT2D eigenvalue weighted by Crippen LogP contribution is 2.24. The van der Waals surface area contributed by atoms with E-state index < -0.39 is 6.10 Å². The molecular weight excluding hydrogens is 326 g/mol. The van der Waals surface area contributed by atoms with Gasteiger partial charge in [0.15, 0.2) is 6.10 Å². The van der Waals surface area contributed by atoms with Crippen molar-refractivity contribution in [3.05, 3.63) is 59.7 Å². The van der Waals surface area contributed by atoms with Crippen LogP contribution >= 0.6 is 0 Å². The lowest BCUT2D eigenvalue weighted by molar-refractivity contribution is -0.127. The molecule has 1 amide bonds. The van der Waals surface area contributed by atoms with Crippen LogP contribution in [0.4, 0.5) is 0 Å². The van der Waals surface area contributed by atoms with Crippen molar-refractivity contribution in [1.29, 1.82) is 0 Å². The molecule has 4 nitrogen and oxygen atoms in total. The molecule has 1 N–H and O–H groups in total. The van der Waals surface area contributed by atoms with Crippen molar-refractivity contribution in [2.24, 2.45) is 0 Å². The zero-order valence-corrected chi connectivity index (χ0v) is 16.3. The first-order valence-corrected chi connectivity index (χ1v) is 9.01. The van der Waals surface area contributed by atoms with Gasteiger partial charge in [-0.15, -0.1) is 0 Å². The topological polar surface area (TPSA) is 47.6 Å². The number of carbonyl (C=O) groups is 1. The van der Waals surface area contributed by atoms with E-state index in [4.69, 9.17) is 9.47 Å². The van der Waals surface area contributed by atoms with Gasteiger partial charge in [-0.3, -0.25) is 4.79 Å². The highest BCUT2D eigenvalue weighted by Gasteiger charge is 2.16. The van der Waals surface area contributed by atoms with Gasteiger partial charge in [0, 0.05) is 0 Å². The van der Waals surface area contributed by atoms with E-state index in [1.807, 2.05) is 55.5 Å². The average Bonchev–Trinajstić information content (AvgIpc) is 2.59. The van der Waals surface area contributed by atoms with Crippen molar-refractivity contribution in [2.45, 2.75) is 46.1 Å². The lowest BCUT2D eigenvalue weighted by atomic mass is 9.87. The fourth-order valence-corrected chi connectivity index (χ4v) is 2.49. The molecule has 2 aromatic rings. The number of nitrogens with one attached hydrogen (secondary N) is 1. The number of carbonyl (C=O) groups excluding carboxylic acids is 1. The van der Waals surface area contributed by atoms with Crippen LogP contribution in [0.15, 0.2) is 48.5 Å². The van der Waals surface area contributed by atoms with Crippen molar-refractivity contribution in [3.8, 4) is 11.5 Å². The van der Waals surface area contributed by atoms with Crippen molar-refractivity contribution < 1.29 is 14.3 Å². The Balaban J connectivity index is 1.76. The minimum absolute atomic E-state index is 0.0959. The molecule has 0 aliphatic heterocycles. The summed E-state index contributed by atoms with van der Waals surface area (Å²) in [5.74, 6) is 1.38. The van der Waals surface area contributed by atoms with Gasteiger partial charge >= 0.3 is 0 Å². The number of hydrogen-bond donors (Lipinski definition) is 1. The highest BCUT2D eigenvalue weighted by molar-refractivity contribution is 5.80. The van der Waals surface area contributed by atoms with Crippen LogP contribution < -0.4 is 14.8 Å². The fourth-order valence-electron chi connectivity index (χ4n) is 2.49. The normalized spacial score (nSPS) is 12.3. The molecule has 26 heavy (non-hydrogen) atoms. The molecule has 0 aromatic heterocycles. The molecule has 0 heterocycles. The Morgan fingerprint density at radius 3 is 2.35 bits per heavy atom. The number of aryl methyl sites for hydroxylation is 1. The Morgan fingerprint density at radius 1 is 1.08 bits per heavy atom. The van der Waals surface area contributed by atoms with Crippen LogP contribution in [0.1, 0.15) is 38.8 Å². The number of rotatable bonds is 7. The summed E-state index contributed by atoms with van der Waals surface area (Å²) in [6.07, 6.45) is -0.561. The Bertz CT molecular complexity index is 717. The number of amides is 1. The SMILES string of the molecule is Cc1ccccc1OCCNC(=O)[C@@H](C)Oc1ccc(C(C)(C)C)cc1. The molecule has 0 saturated heterocycles. The molecule has 140 valence electrons. The summed E-state index contributed by atoms with van der Waals surface area (Å²) in [6, 6.07) is 15.7. The van der Waals surface area contributed by atoms with Crippen molar-refractivity contribution in [1.82, 2.24) is 5.32 Å². The summed E-state index contributed by atoms with van der Waals surface area (Å²) >= 11 is 0. The maximum Gasteiger partial charge on any atom is 0.260 e. The summed E-state index contributed by atoms with van der Waals surface area (Å²) in [5, 5.41) is 2.84. The van der Waals surface area contributed by atoms with E-state index in [9.17, 15) is 4.79 Å². The van der Waals surface area contributed by atoms with Crippen molar-refractivity contribution in [2.75, 3.05) is 13.2 Å². The Morgan fingerprint density at radius 2 is 1.73 bits per heavy atom.